The zero-order valence-electron chi connectivity index (χ0n) is 14.4. The minimum atomic E-state index is -0.777. The average Bonchev–Trinajstić information content (AvgIpc) is 3.18. The third kappa shape index (κ3) is 2.72. The molecule has 1 aliphatic heterocycles. The van der Waals surface area contributed by atoms with Gasteiger partial charge in [-0.05, 0) is 46.8 Å². The maximum Gasteiger partial charge on any atom is 0.325 e. The van der Waals surface area contributed by atoms with Crippen molar-refractivity contribution in [3.63, 3.8) is 0 Å². The summed E-state index contributed by atoms with van der Waals surface area (Å²) in [4.78, 5) is 26.6. The van der Waals surface area contributed by atoms with Gasteiger partial charge in [-0.25, -0.2) is 4.79 Å². The largest absolute Gasteiger partial charge is 0.419 e. The first-order valence-electron chi connectivity index (χ1n) is 8.72. The van der Waals surface area contributed by atoms with Gasteiger partial charge in [-0.1, -0.05) is 31.9 Å². The SMILES string of the molecule is C[C@@H]1CCCC[C@@]12NC(=O)N(Cc1nnc(-c3ccccc3Br)o1)C2=O. The van der Waals surface area contributed by atoms with E-state index in [9.17, 15) is 9.59 Å². The maximum absolute atomic E-state index is 13.0. The first-order chi connectivity index (χ1) is 12.5. The Morgan fingerprint density at radius 1 is 1.31 bits per heavy atom. The number of nitrogens with one attached hydrogen (secondary N) is 1. The van der Waals surface area contributed by atoms with Crippen LogP contribution in [-0.2, 0) is 11.3 Å². The Hall–Kier alpha value is -2.22. The summed E-state index contributed by atoms with van der Waals surface area (Å²) >= 11 is 3.45. The number of aromatic nitrogens is 2. The van der Waals surface area contributed by atoms with E-state index >= 15 is 0 Å². The van der Waals surface area contributed by atoms with Crippen molar-refractivity contribution in [1.29, 1.82) is 0 Å². The molecule has 2 fully saturated rings. The second-order valence-electron chi connectivity index (χ2n) is 6.92. The minimum Gasteiger partial charge on any atom is -0.419 e. The summed E-state index contributed by atoms with van der Waals surface area (Å²) in [7, 11) is 0. The molecular formula is C18H19BrN4O3. The van der Waals surface area contributed by atoms with Gasteiger partial charge in [-0.15, -0.1) is 10.2 Å². The van der Waals surface area contributed by atoms with E-state index in [1.807, 2.05) is 31.2 Å². The number of hydrogen-bond acceptors (Lipinski definition) is 5. The van der Waals surface area contributed by atoms with E-state index in [1.165, 1.54) is 4.90 Å². The van der Waals surface area contributed by atoms with Gasteiger partial charge in [0, 0.05) is 4.47 Å². The number of hydrogen-bond donors (Lipinski definition) is 1. The minimum absolute atomic E-state index is 0.0173. The highest BCUT2D eigenvalue weighted by Gasteiger charge is 2.55. The normalized spacial score (nSPS) is 25.8. The molecular weight excluding hydrogens is 400 g/mol. The molecule has 1 aromatic carbocycles. The van der Waals surface area contributed by atoms with Crippen molar-refractivity contribution in [2.24, 2.45) is 5.92 Å². The Morgan fingerprint density at radius 3 is 2.88 bits per heavy atom. The molecule has 1 aromatic heterocycles. The van der Waals surface area contributed by atoms with Gasteiger partial charge in [0.1, 0.15) is 12.1 Å². The lowest BCUT2D eigenvalue weighted by molar-refractivity contribution is -0.134. The Kier molecular flexibility index (Phi) is 4.30. The fourth-order valence-electron chi connectivity index (χ4n) is 3.84. The van der Waals surface area contributed by atoms with Crippen LogP contribution in [0.15, 0.2) is 33.2 Å². The molecule has 2 aromatic rings. The second-order valence-corrected chi connectivity index (χ2v) is 7.77. The molecule has 0 bridgehead atoms. The number of imide groups is 1. The highest BCUT2D eigenvalue weighted by atomic mass is 79.9. The molecule has 1 aliphatic carbocycles. The van der Waals surface area contributed by atoms with E-state index < -0.39 is 5.54 Å². The fraction of sp³-hybridized carbons (Fsp3) is 0.444. The van der Waals surface area contributed by atoms with Gasteiger partial charge in [-0.3, -0.25) is 9.69 Å². The van der Waals surface area contributed by atoms with E-state index in [-0.39, 0.29) is 30.3 Å². The smallest absolute Gasteiger partial charge is 0.325 e. The van der Waals surface area contributed by atoms with Crippen LogP contribution in [0.25, 0.3) is 11.5 Å². The molecule has 3 amide bonds. The van der Waals surface area contributed by atoms with Crippen LogP contribution in [0.3, 0.4) is 0 Å². The lowest BCUT2D eigenvalue weighted by atomic mass is 9.73. The molecule has 0 radical (unpaired) electrons. The summed E-state index contributed by atoms with van der Waals surface area (Å²) in [5.41, 5.74) is -0.0125. The highest BCUT2D eigenvalue weighted by molar-refractivity contribution is 9.10. The van der Waals surface area contributed by atoms with Crippen molar-refractivity contribution in [1.82, 2.24) is 20.4 Å². The Balaban J connectivity index is 1.56. The molecule has 1 saturated carbocycles. The Labute approximate surface area is 159 Å². The number of rotatable bonds is 3. The quantitative estimate of drug-likeness (QED) is 0.770. The number of urea groups is 1. The predicted octanol–water partition coefficient (Wildman–Crippen LogP) is 3.50. The summed E-state index contributed by atoms with van der Waals surface area (Å²) in [6.45, 7) is 2.01. The second kappa shape index (κ2) is 6.50. The van der Waals surface area contributed by atoms with Gasteiger partial charge in [-0.2, -0.15) is 0 Å². The van der Waals surface area contributed by atoms with Crippen LogP contribution >= 0.6 is 15.9 Å². The maximum atomic E-state index is 13.0. The van der Waals surface area contributed by atoms with Crippen LogP contribution in [-0.4, -0.2) is 32.6 Å². The van der Waals surface area contributed by atoms with Crippen LogP contribution in [0.4, 0.5) is 4.79 Å². The van der Waals surface area contributed by atoms with Crippen LogP contribution in [0, 0.1) is 5.92 Å². The Morgan fingerprint density at radius 2 is 2.12 bits per heavy atom. The third-order valence-electron chi connectivity index (χ3n) is 5.37. The van der Waals surface area contributed by atoms with Crippen LogP contribution < -0.4 is 5.32 Å². The highest BCUT2D eigenvalue weighted by Crippen LogP contribution is 2.38. The molecule has 136 valence electrons. The third-order valence-corrected chi connectivity index (χ3v) is 6.06. The van der Waals surface area contributed by atoms with E-state index in [4.69, 9.17) is 4.42 Å². The van der Waals surface area contributed by atoms with Crippen LogP contribution in [0.2, 0.25) is 0 Å². The summed E-state index contributed by atoms with van der Waals surface area (Å²) < 4.78 is 6.52. The first kappa shape index (κ1) is 17.2. The van der Waals surface area contributed by atoms with Gasteiger partial charge in [0.15, 0.2) is 0 Å². The van der Waals surface area contributed by atoms with Gasteiger partial charge in [0.25, 0.3) is 5.91 Å². The number of benzene rings is 1. The molecule has 1 saturated heterocycles. The van der Waals surface area contributed by atoms with E-state index in [1.54, 1.807) is 0 Å². The topological polar surface area (TPSA) is 88.3 Å². The number of halogens is 1. The number of amides is 3. The van der Waals surface area contributed by atoms with Gasteiger partial charge >= 0.3 is 6.03 Å². The molecule has 4 rings (SSSR count). The lowest BCUT2D eigenvalue weighted by Gasteiger charge is -2.36. The number of carbonyl (C=O) groups is 2. The van der Waals surface area contributed by atoms with E-state index in [0.29, 0.717) is 12.3 Å². The first-order valence-corrected chi connectivity index (χ1v) is 9.52. The summed E-state index contributed by atoms with van der Waals surface area (Å²) in [5, 5.41) is 11.0. The zero-order valence-corrected chi connectivity index (χ0v) is 16.0. The van der Waals surface area contributed by atoms with Gasteiger partial charge in [0.05, 0.1) is 5.56 Å². The van der Waals surface area contributed by atoms with Crippen molar-refractivity contribution in [2.45, 2.75) is 44.7 Å². The molecule has 1 N–H and O–H groups in total. The van der Waals surface area contributed by atoms with E-state index in [0.717, 1.165) is 29.3 Å². The summed E-state index contributed by atoms with van der Waals surface area (Å²) in [6.07, 6.45) is 3.65. The van der Waals surface area contributed by atoms with Gasteiger partial charge in [0.2, 0.25) is 11.8 Å². The Bertz CT molecular complexity index is 868. The summed E-state index contributed by atoms with van der Waals surface area (Å²) in [6, 6.07) is 7.11. The summed E-state index contributed by atoms with van der Waals surface area (Å²) in [5.74, 6) is 0.520. The monoisotopic (exact) mass is 418 g/mol. The number of carbonyl (C=O) groups excluding carboxylic acids is 2. The predicted molar refractivity (Wildman–Crippen MR) is 96.9 cm³/mol. The van der Waals surface area contributed by atoms with E-state index in [2.05, 4.69) is 31.4 Å². The van der Waals surface area contributed by atoms with Gasteiger partial charge < -0.3 is 9.73 Å². The molecule has 7 nitrogen and oxygen atoms in total. The van der Waals surface area contributed by atoms with Crippen molar-refractivity contribution >= 4 is 27.9 Å². The molecule has 2 atom stereocenters. The molecule has 0 unspecified atom stereocenters. The van der Waals surface area contributed by atoms with Crippen LogP contribution in [0.1, 0.15) is 38.5 Å². The van der Waals surface area contributed by atoms with Crippen molar-refractivity contribution < 1.29 is 14.0 Å². The van der Waals surface area contributed by atoms with Crippen molar-refractivity contribution in [3.05, 3.63) is 34.6 Å². The van der Waals surface area contributed by atoms with Crippen molar-refractivity contribution in [3.8, 4) is 11.5 Å². The average molecular weight is 419 g/mol. The molecule has 26 heavy (non-hydrogen) atoms. The molecule has 2 heterocycles. The molecule has 8 heteroatoms. The fourth-order valence-corrected chi connectivity index (χ4v) is 4.29. The zero-order chi connectivity index (χ0) is 18.3. The molecule has 2 aliphatic rings. The number of nitrogens with zero attached hydrogens (tertiary/aromatic N) is 3. The standard InChI is InChI=1S/C18H19BrN4O3/c1-11-6-4-5-9-18(11)16(24)23(17(25)20-18)10-14-21-22-15(26-14)12-7-2-3-8-13(12)19/h2-3,7-8,11H,4-6,9-10H2,1H3,(H,20,25)/t11-,18-/m1/s1. The van der Waals surface area contributed by atoms with Crippen molar-refractivity contribution in [2.75, 3.05) is 0 Å². The molecule has 1 spiro atoms. The van der Waals surface area contributed by atoms with Crippen LogP contribution in [0.5, 0.6) is 0 Å². The lowest BCUT2D eigenvalue weighted by Crippen LogP contribution is -2.53.